The van der Waals surface area contributed by atoms with Gasteiger partial charge in [0, 0.05) is 12.6 Å². The van der Waals surface area contributed by atoms with E-state index in [0.29, 0.717) is 5.88 Å². The lowest BCUT2D eigenvalue weighted by molar-refractivity contribution is 0.232. The van der Waals surface area contributed by atoms with Crippen LogP contribution < -0.4 is 10.1 Å². The van der Waals surface area contributed by atoms with Gasteiger partial charge in [-0.2, -0.15) is 11.8 Å². The number of thioether (sulfide) groups is 1. The van der Waals surface area contributed by atoms with Crippen LogP contribution in [0.15, 0.2) is 12.4 Å². The largest absolute Gasteiger partial charge is 0.475 e. The molecule has 0 aliphatic carbocycles. The predicted octanol–water partition coefficient (Wildman–Crippen LogP) is 2.43. The summed E-state index contributed by atoms with van der Waals surface area (Å²) in [7, 11) is 0. The van der Waals surface area contributed by atoms with Gasteiger partial charge in [-0.15, -0.1) is 0 Å². The monoisotopic (exact) mass is 241 g/mol. The third kappa shape index (κ3) is 5.21. The number of hydrogen-bond donors (Lipinski definition) is 1. The molecule has 1 aromatic rings. The molecule has 0 aromatic carbocycles. The summed E-state index contributed by atoms with van der Waals surface area (Å²) < 4.78 is 5.49. The van der Waals surface area contributed by atoms with Crippen molar-refractivity contribution < 1.29 is 4.74 Å². The van der Waals surface area contributed by atoms with Gasteiger partial charge in [-0.3, -0.25) is 0 Å². The number of ether oxygens (including phenoxy) is 1. The van der Waals surface area contributed by atoms with Gasteiger partial charge in [0.05, 0.1) is 6.10 Å². The van der Waals surface area contributed by atoms with Crippen molar-refractivity contribution >= 4 is 17.6 Å². The zero-order valence-corrected chi connectivity index (χ0v) is 10.9. The molecule has 0 atom stereocenters. The number of aromatic nitrogens is 2. The van der Waals surface area contributed by atoms with Crippen molar-refractivity contribution in [3.8, 4) is 5.88 Å². The first-order valence-corrected chi connectivity index (χ1v) is 6.83. The van der Waals surface area contributed by atoms with Crippen LogP contribution in [0.2, 0.25) is 0 Å². The topological polar surface area (TPSA) is 47.0 Å². The van der Waals surface area contributed by atoms with Gasteiger partial charge < -0.3 is 10.1 Å². The second-order valence-corrected chi connectivity index (χ2v) is 4.67. The lowest BCUT2D eigenvalue weighted by Crippen LogP contribution is -2.09. The molecule has 0 amide bonds. The highest BCUT2D eigenvalue weighted by molar-refractivity contribution is 7.98. The standard InChI is InChI=1S/C11H19N3OS/c1-9(2)15-11-7-10(13-8-14-11)12-5-4-6-16-3/h7-9H,4-6H2,1-3H3,(H,12,13,14). The SMILES string of the molecule is CSCCCNc1cc(OC(C)C)ncn1. The fourth-order valence-corrected chi connectivity index (χ4v) is 1.61. The molecule has 0 saturated heterocycles. The molecule has 90 valence electrons. The van der Waals surface area contributed by atoms with E-state index in [0.717, 1.165) is 24.5 Å². The molecule has 0 unspecified atom stereocenters. The van der Waals surface area contributed by atoms with E-state index in [4.69, 9.17) is 4.74 Å². The van der Waals surface area contributed by atoms with Gasteiger partial charge in [0.25, 0.3) is 0 Å². The number of anilines is 1. The average Bonchev–Trinajstić information content (AvgIpc) is 2.24. The molecule has 0 fully saturated rings. The van der Waals surface area contributed by atoms with E-state index in [1.807, 2.05) is 31.7 Å². The summed E-state index contributed by atoms with van der Waals surface area (Å²) >= 11 is 1.85. The van der Waals surface area contributed by atoms with Crippen LogP contribution in [0.3, 0.4) is 0 Å². The second kappa shape index (κ2) is 7.33. The molecule has 0 spiro atoms. The Morgan fingerprint density at radius 3 is 2.94 bits per heavy atom. The Morgan fingerprint density at radius 1 is 1.44 bits per heavy atom. The first-order chi connectivity index (χ1) is 7.72. The molecule has 1 aromatic heterocycles. The van der Waals surface area contributed by atoms with Crippen LogP contribution in [-0.4, -0.2) is 34.6 Å². The van der Waals surface area contributed by atoms with E-state index in [1.165, 1.54) is 6.33 Å². The summed E-state index contributed by atoms with van der Waals surface area (Å²) in [6.45, 7) is 4.89. The molecule has 4 nitrogen and oxygen atoms in total. The molecule has 0 radical (unpaired) electrons. The maximum absolute atomic E-state index is 5.49. The molecule has 0 aliphatic heterocycles. The van der Waals surface area contributed by atoms with Crippen LogP contribution >= 0.6 is 11.8 Å². The highest BCUT2D eigenvalue weighted by Gasteiger charge is 2.01. The first-order valence-electron chi connectivity index (χ1n) is 5.44. The van der Waals surface area contributed by atoms with Gasteiger partial charge >= 0.3 is 0 Å². The van der Waals surface area contributed by atoms with Crippen molar-refractivity contribution in [3.05, 3.63) is 12.4 Å². The Labute approximate surface area is 101 Å². The molecule has 0 aliphatic rings. The number of hydrogen-bond acceptors (Lipinski definition) is 5. The summed E-state index contributed by atoms with van der Waals surface area (Å²) in [6, 6.07) is 1.83. The third-order valence-electron chi connectivity index (χ3n) is 1.83. The van der Waals surface area contributed by atoms with Gasteiger partial charge in [0.15, 0.2) is 0 Å². The van der Waals surface area contributed by atoms with E-state index in [1.54, 1.807) is 0 Å². The lowest BCUT2D eigenvalue weighted by atomic mass is 10.4. The molecule has 5 heteroatoms. The number of rotatable bonds is 7. The van der Waals surface area contributed by atoms with E-state index >= 15 is 0 Å². The van der Waals surface area contributed by atoms with E-state index in [-0.39, 0.29) is 6.10 Å². The predicted molar refractivity (Wildman–Crippen MR) is 69.3 cm³/mol. The summed E-state index contributed by atoms with van der Waals surface area (Å²) in [5, 5.41) is 3.25. The molecule has 1 N–H and O–H groups in total. The fourth-order valence-electron chi connectivity index (χ4n) is 1.18. The van der Waals surface area contributed by atoms with Crippen molar-refractivity contribution in [2.45, 2.75) is 26.4 Å². The van der Waals surface area contributed by atoms with Crippen molar-refractivity contribution in [2.24, 2.45) is 0 Å². The van der Waals surface area contributed by atoms with Crippen molar-refractivity contribution in [3.63, 3.8) is 0 Å². The maximum Gasteiger partial charge on any atom is 0.218 e. The van der Waals surface area contributed by atoms with Crippen molar-refractivity contribution in [1.29, 1.82) is 0 Å². The minimum atomic E-state index is 0.138. The Balaban J connectivity index is 2.41. The van der Waals surface area contributed by atoms with Gasteiger partial charge in [0.1, 0.15) is 12.1 Å². The smallest absolute Gasteiger partial charge is 0.218 e. The van der Waals surface area contributed by atoms with Gasteiger partial charge in [-0.25, -0.2) is 9.97 Å². The summed E-state index contributed by atoms with van der Waals surface area (Å²) in [4.78, 5) is 8.18. The zero-order valence-electron chi connectivity index (χ0n) is 10.1. The van der Waals surface area contributed by atoms with Crippen LogP contribution in [0, 0.1) is 0 Å². The molecule has 0 bridgehead atoms. The van der Waals surface area contributed by atoms with E-state index in [9.17, 15) is 0 Å². The highest BCUT2D eigenvalue weighted by atomic mass is 32.2. The van der Waals surface area contributed by atoms with Crippen LogP contribution in [-0.2, 0) is 0 Å². The minimum absolute atomic E-state index is 0.138. The molecule has 0 saturated carbocycles. The normalized spacial score (nSPS) is 10.5. The van der Waals surface area contributed by atoms with Gasteiger partial charge in [-0.1, -0.05) is 0 Å². The Bertz CT molecular complexity index is 307. The first kappa shape index (κ1) is 13.1. The van der Waals surface area contributed by atoms with Crippen LogP contribution in [0.4, 0.5) is 5.82 Å². The zero-order chi connectivity index (χ0) is 11.8. The molecular formula is C11H19N3OS. The van der Waals surface area contributed by atoms with E-state index < -0.39 is 0 Å². The van der Waals surface area contributed by atoms with Crippen molar-refractivity contribution in [1.82, 2.24) is 9.97 Å². The Morgan fingerprint density at radius 2 is 2.25 bits per heavy atom. The summed E-state index contributed by atoms with van der Waals surface area (Å²) in [5.74, 6) is 2.61. The fraction of sp³-hybridized carbons (Fsp3) is 0.636. The molecule has 16 heavy (non-hydrogen) atoms. The van der Waals surface area contributed by atoms with Gasteiger partial charge in [-0.05, 0) is 32.3 Å². The Kier molecular flexibility index (Phi) is 6.00. The minimum Gasteiger partial charge on any atom is -0.475 e. The Hall–Kier alpha value is -0.970. The summed E-state index contributed by atoms with van der Waals surface area (Å²) in [5.41, 5.74) is 0. The van der Waals surface area contributed by atoms with Crippen molar-refractivity contribution in [2.75, 3.05) is 23.9 Å². The third-order valence-corrected chi connectivity index (χ3v) is 2.53. The molecule has 1 heterocycles. The number of nitrogens with one attached hydrogen (secondary N) is 1. The molecule has 1 rings (SSSR count). The molecular weight excluding hydrogens is 222 g/mol. The summed E-state index contributed by atoms with van der Waals surface area (Å²) in [6.07, 6.45) is 4.90. The van der Waals surface area contributed by atoms with Gasteiger partial charge in [0.2, 0.25) is 5.88 Å². The maximum atomic E-state index is 5.49. The quantitative estimate of drug-likeness (QED) is 0.743. The van der Waals surface area contributed by atoms with Crippen LogP contribution in [0.5, 0.6) is 5.88 Å². The van der Waals surface area contributed by atoms with Crippen LogP contribution in [0.25, 0.3) is 0 Å². The lowest BCUT2D eigenvalue weighted by Gasteiger charge is -2.09. The second-order valence-electron chi connectivity index (χ2n) is 3.68. The van der Waals surface area contributed by atoms with E-state index in [2.05, 4.69) is 21.5 Å². The van der Waals surface area contributed by atoms with Crippen LogP contribution in [0.1, 0.15) is 20.3 Å². The number of nitrogens with zero attached hydrogens (tertiary/aromatic N) is 2. The highest BCUT2D eigenvalue weighted by Crippen LogP contribution is 2.12. The average molecular weight is 241 g/mol.